The molecule has 0 spiro atoms. The van der Waals surface area contributed by atoms with Crippen molar-refractivity contribution in [1.29, 1.82) is 0 Å². The number of rotatable bonds is 114. The first-order chi connectivity index (χ1) is 73.7. The van der Waals surface area contributed by atoms with Gasteiger partial charge in [0.15, 0.2) is 0 Å². The van der Waals surface area contributed by atoms with E-state index >= 15 is 0 Å². The summed E-state index contributed by atoms with van der Waals surface area (Å²) in [5.41, 5.74) is 8.23. The van der Waals surface area contributed by atoms with Crippen LogP contribution in [0.5, 0.6) is 11.5 Å². The fourth-order valence-corrected chi connectivity index (χ4v) is 13.9. The van der Waals surface area contributed by atoms with Gasteiger partial charge in [0, 0.05) is 96.9 Å². The Balaban J connectivity index is 1.43. The predicted octanol–water partition coefficient (Wildman–Crippen LogP) is 11.2. The van der Waals surface area contributed by atoms with Crippen LogP contribution < -0.4 is 9.47 Å². The van der Waals surface area contributed by atoms with Gasteiger partial charge in [-0.2, -0.15) is 0 Å². The first kappa shape index (κ1) is 134. The minimum Gasteiger partial charge on any atom is -0.493 e. The highest BCUT2D eigenvalue weighted by Crippen LogP contribution is 2.36. The van der Waals surface area contributed by atoms with E-state index in [2.05, 4.69) is 107 Å². The highest BCUT2D eigenvalue weighted by molar-refractivity contribution is 9.10. The molecule has 0 atom stereocenters. The molecule has 0 radical (unpaired) electrons. The molecule has 0 saturated heterocycles. The van der Waals surface area contributed by atoms with Crippen molar-refractivity contribution in [2.75, 3.05) is 493 Å². The molecule has 0 aliphatic heterocycles. The summed E-state index contributed by atoms with van der Waals surface area (Å²) in [6.07, 6.45) is 0. The van der Waals surface area contributed by atoms with Gasteiger partial charge in [-0.05, 0) is 99.1 Å². The van der Waals surface area contributed by atoms with Crippen molar-refractivity contribution in [3.05, 3.63) is 120 Å². The molecular weight excluding hydrogens is 2010 g/mol. The predicted molar refractivity (Wildman–Crippen MR) is 566 cm³/mol. The summed E-state index contributed by atoms with van der Waals surface area (Å²) in [6, 6.07) is 40.1. The summed E-state index contributed by atoms with van der Waals surface area (Å²) in [4.78, 5) is 0. The average molecular weight is 2190 g/mol. The van der Waals surface area contributed by atoms with Crippen LogP contribution in [-0.4, -0.2) is 493 Å². The van der Waals surface area contributed by atoms with Gasteiger partial charge in [-0.15, -0.1) is 0 Å². The Morgan fingerprint density at radius 2 is 0.255 bits per heavy atom. The van der Waals surface area contributed by atoms with Gasteiger partial charge in [-0.25, -0.2) is 0 Å². The lowest BCUT2D eigenvalue weighted by molar-refractivity contribution is -0.0570. The van der Waals surface area contributed by atoms with Gasteiger partial charge in [0.1, 0.15) is 11.5 Å². The highest BCUT2D eigenvalue weighted by atomic mass is 79.9. The molecule has 0 saturated carbocycles. The van der Waals surface area contributed by atoms with Crippen molar-refractivity contribution < 1.29 is 180 Å². The normalized spacial score (nSPS) is 11.9. The molecule has 0 amide bonds. The van der Waals surface area contributed by atoms with Gasteiger partial charge in [0.05, 0.1) is 436 Å². The second-order valence-electron chi connectivity index (χ2n) is 34.2. The molecule has 5 rings (SSSR count). The SMILES string of the molecule is COCCOCCOCCOCC(COCCOCCOCCOC)COCC(COCC(COCCOCCOCCOC)COCCOCCOCCOC)COc1ccc(-c2cc(-c3ccc(OCC(COCC(COCCOCCOCCOC)COCCOCCOCCOC)COCC(COCCOCCOCCOC)COCCOCCOCCOC)cc3)cc(-c3ccc(-c4ccc(Br)cc4)cc3)c2)cc1. The molecule has 0 N–H and O–H groups in total. The summed E-state index contributed by atoms with van der Waals surface area (Å²) in [6.45, 7) is 27.2. The van der Waals surface area contributed by atoms with Crippen LogP contribution in [0.15, 0.2) is 120 Å². The van der Waals surface area contributed by atoms with E-state index in [-0.39, 0.29) is 48.7 Å². The number of ether oxygens (including phenoxy) is 38. The fraction of sp³-hybridized carbons (Fsp3) is 0.727. The third-order valence-corrected chi connectivity index (χ3v) is 22.3. The van der Waals surface area contributed by atoms with Crippen molar-refractivity contribution in [2.45, 2.75) is 0 Å². The Kier molecular flexibility index (Phi) is 90.7. The molecule has 38 nitrogen and oxygen atoms in total. The Labute approximate surface area is 895 Å². The van der Waals surface area contributed by atoms with Gasteiger partial charge in [0.2, 0.25) is 0 Å². The standard InChI is InChI=1S/C110H181BrO38/c1-112-25-33-120-41-49-128-57-65-136-76-94(77-137-66-58-129-50-42-121-34-26-113-2)84-144-88-98(89-145-85-95(78-138-67-59-130-51-43-122-35-27-114-3)79-139-68-60-131-52-44-123-36-28-115-4)92-148-109-21-15-103(16-22-109)106-73-105(102-11-9-100(10-12-102)101-13-19-108(111)20-14-101)74-107(75-106)104-17-23-110(24-18-104)149-93-99(90-146-86-96(80-140-69-61-132-53-45-124-37-29-116-5)81-141-70-62-133-54-46-125-38-30-117-6)91-147-87-97(82-142-71-63-134-55-47-126-39-31-118-7)83-143-72-64-135-56-48-127-40-32-119-8/h9-24,73-75,94-99H,25-72,76-93H2,1-8H3. The summed E-state index contributed by atoms with van der Waals surface area (Å²) < 4.78 is 222. The maximum Gasteiger partial charge on any atom is 0.119 e. The van der Waals surface area contributed by atoms with E-state index in [0.29, 0.717) is 434 Å². The van der Waals surface area contributed by atoms with Crippen LogP contribution in [0.2, 0.25) is 0 Å². The number of hydrogen-bond acceptors (Lipinski definition) is 38. The third-order valence-electron chi connectivity index (χ3n) is 21.7. The maximum absolute atomic E-state index is 6.76. The minimum absolute atomic E-state index is 0.137. The Bertz CT molecular complexity index is 3260. The third kappa shape index (κ3) is 76.1. The topological polar surface area (TPSA) is 351 Å². The van der Waals surface area contributed by atoms with Gasteiger partial charge in [-0.1, -0.05) is 76.6 Å². The van der Waals surface area contributed by atoms with Gasteiger partial charge < -0.3 is 180 Å². The molecule has 5 aromatic rings. The van der Waals surface area contributed by atoms with Crippen LogP contribution in [0.1, 0.15) is 0 Å². The molecule has 0 heterocycles. The van der Waals surface area contributed by atoms with E-state index in [1.54, 1.807) is 56.9 Å². The van der Waals surface area contributed by atoms with Crippen LogP contribution in [-0.2, 0) is 171 Å². The van der Waals surface area contributed by atoms with Crippen molar-refractivity contribution in [3.63, 3.8) is 0 Å². The monoisotopic (exact) mass is 2190 g/mol. The summed E-state index contributed by atoms with van der Waals surface area (Å²) in [5.74, 6) is 0.309. The van der Waals surface area contributed by atoms with E-state index in [4.69, 9.17) is 180 Å². The van der Waals surface area contributed by atoms with Crippen molar-refractivity contribution in [2.24, 2.45) is 35.5 Å². The zero-order valence-electron chi connectivity index (χ0n) is 90.5. The van der Waals surface area contributed by atoms with E-state index in [1.807, 2.05) is 24.3 Å². The van der Waals surface area contributed by atoms with Crippen molar-refractivity contribution >= 4 is 15.9 Å². The fourth-order valence-electron chi connectivity index (χ4n) is 13.7. The molecular formula is C110H181BrO38. The lowest BCUT2D eigenvalue weighted by Crippen LogP contribution is -2.30. The molecule has 39 heteroatoms. The average Bonchev–Trinajstić information content (AvgIpc) is 0.794. The molecule has 0 aromatic heterocycles. The first-order valence-corrected chi connectivity index (χ1v) is 53.1. The molecule has 0 aliphatic carbocycles. The van der Waals surface area contributed by atoms with Gasteiger partial charge >= 0.3 is 0 Å². The van der Waals surface area contributed by atoms with Crippen LogP contribution in [0.25, 0.3) is 44.5 Å². The van der Waals surface area contributed by atoms with E-state index in [9.17, 15) is 0 Å². The second-order valence-corrected chi connectivity index (χ2v) is 35.2. The molecule has 0 aliphatic rings. The second kappa shape index (κ2) is 101. The summed E-state index contributed by atoms with van der Waals surface area (Å²) >= 11 is 3.62. The molecule has 0 fully saturated rings. The molecule has 856 valence electrons. The minimum atomic E-state index is -0.239. The number of benzene rings is 5. The molecule has 149 heavy (non-hydrogen) atoms. The molecule has 0 unspecified atom stereocenters. The van der Waals surface area contributed by atoms with Crippen LogP contribution in [0.4, 0.5) is 0 Å². The van der Waals surface area contributed by atoms with Crippen LogP contribution in [0, 0.1) is 35.5 Å². The zero-order chi connectivity index (χ0) is 106. The zero-order valence-corrected chi connectivity index (χ0v) is 92.1. The number of hydrogen-bond donors (Lipinski definition) is 0. The Hall–Kier alpha value is -5.26. The largest absolute Gasteiger partial charge is 0.493 e. The molecule has 0 bridgehead atoms. The first-order valence-electron chi connectivity index (χ1n) is 52.3. The Morgan fingerprint density at radius 3 is 0.416 bits per heavy atom. The summed E-state index contributed by atoms with van der Waals surface area (Å²) in [7, 11) is 13.1. The van der Waals surface area contributed by atoms with Crippen LogP contribution >= 0.6 is 15.9 Å². The van der Waals surface area contributed by atoms with E-state index < -0.39 is 0 Å². The quantitative estimate of drug-likeness (QED) is 0.0326. The van der Waals surface area contributed by atoms with Gasteiger partial charge in [-0.3, -0.25) is 0 Å². The van der Waals surface area contributed by atoms with E-state index in [0.717, 1.165) is 49.0 Å². The molecule has 5 aromatic carbocycles. The summed E-state index contributed by atoms with van der Waals surface area (Å²) in [5, 5.41) is 0. The number of halogens is 1. The lowest BCUT2D eigenvalue weighted by atomic mass is 9.92. The van der Waals surface area contributed by atoms with Gasteiger partial charge in [0.25, 0.3) is 0 Å². The number of methoxy groups -OCH3 is 8. The maximum atomic E-state index is 6.76. The Morgan fingerprint density at radius 1 is 0.134 bits per heavy atom. The van der Waals surface area contributed by atoms with Crippen LogP contribution in [0.3, 0.4) is 0 Å². The smallest absolute Gasteiger partial charge is 0.119 e. The van der Waals surface area contributed by atoms with Crippen molar-refractivity contribution in [3.8, 4) is 56.0 Å². The van der Waals surface area contributed by atoms with Crippen molar-refractivity contribution in [1.82, 2.24) is 0 Å². The highest BCUT2D eigenvalue weighted by Gasteiger charge is 2.23. The lowest BCUT2D eigenvalue weighted by Gasteiger charge is -2.23. The van der Waals surface area contributed by atoms with E-state index in [1.165, 1.54) is 0 Å².